The molecule has 0 aliphatic carbocycles. The van der Waals surface area contributed by atoms with Crippen molar-refractivity contribution >= 4 is 0 Å². The van der Waals surface area contributed by atoms with Gasteiger partial charge in [0.05, 0.1) is 12.4 Å². The predicted molar refractivity (Wildman–Crippen MR) is 59.0 cm³/mol. The van der Waals surface area contributed by atoms with E-state index in [1.165, 1.54) is 0 Å². The molecule has 0 aromatic carbocycles. The van der Waals surface area contributed by atoms with Crippen molar-refractivity contribution in [2.24, 2.45) is 5.92 Å². The molecule has 1 fully saturated rings. The smallest absolute Gasteiger partial charge is 0.157 e. The molecule has 1 aliphatic rings. The number of nitrogens with zero attached hydrogens (tertiary/aromatic N) is 2. The third-order valence-electron chi connectivity index (χ3n) is 2.48. The molecule has 1 saturated heterocycles. The number of nitrogens with one attached hydrogen (secondary N) is 1. The van der Waals surface area contributed by atoms with Gasteiger partial charge in [0, 0.05) is 13.1 Å². The Morgan fingerprint density at radius 2 is 2.53 bits per heavy atom. The lowest BCUT2D eigenvalue weighted by atomic mass is 10.2. The number of rotatable bonds is 4. The SMILES string of the molecule is CC(C)Cn1cc(OC2CCNC2)cn1. The number of hydrogen-bond acceptors (Lipinski definition) is 3. The molecule has 2 rings (SSSR count). The van der Waals surface area contributed by atoms with Gasteiger partial charge in [-0.1, -0.05) is 13.8 Å². The Bertz CT molecular complexity index is 303. The summed E-state index contributed by atoms with van der Waals surface area (Å²) in [6.07, 6.45) is 5.20. The van der Waals surface area contributed by atoms with Gasteiger partial charge in [-0.2, -0.15) is 5.10 Å². The van der Waals surface area contributed by atoms with Gasteiger partial charge >= 0.3 is 0 Å². The van der Waals surface area contributed by atoms with Crippen LogP contribution < -0.4 is 10.1 Å². The number of ether oxygens (including phenoxy) is 1. The summed E-state index contributed by atoms with van der Waals surface area (Å²) < 4.78 is 7.74. The standard InChI is InChI=1S/C11H19N3O/c1-9(2)7-14-8-11(6-13-14)15-10-3-4-12-5-10/h6,8-10,12H,3-5,7H2,1-2H3. The van der Waals surface area contributed by atoms with Crippen molar-refractivity contribution < 1.29 is 4.74 Å². The average Bonchev–Trinajstić information content (AvgIpc) is 2.77. The van der Waals surface area contributed by atoms with E-state index in [0.29, 0.717) is 12.0 Å². The molecule has 1 N–H and O–H groups in total. The van der Waals surface area contributed by atoms with Gasteiger partial charge in [0.25, 0.3) is 0 Å². The molecule has 0 radical (unpaired) electrons. The second-order valence-corrected chi connectivity index (χ2v) is 4.52. The molecular formula is C11H19N3O. The van der Waals surface area contributed by atoms with Gasteiger partial charge in [0.15, 0.2) is 5.75 Å². The first-order valence-electron chi connectivity index (χ1n) is 5.64. The Labute approximate surface area is 90.6 Å². The predicted octanol–water partition coefficient (Wildman–Crippen LogP) is 1.28. The largest absolute Gasteiger partial charge is 0.486 e. The molecule has 0 spiro atoms. The zero-order chi connectivity index (χ0) is 10.7. The van der Waals surface area contributed by atoms with E-state index in [0.717, 1.165) is 31.8 Å². The molecule has 1 atom stereocenters. The summed E-state index contributed by atoms with van der Waals surface area (Å²) in [5.74, 6) is 1.51. The fraction of sp³-hybridized carbons (Fsp3) is 0.727. The van der Waals surface area contributed by atoms with Gasteiger partial charge in [-0.05, 0) is 18.9 Å². The summed E-state index contributed by atoms with van der Waals surface area (Å²) in [7, 11) is 0. The Morgan fingerprint density at radius 1 is 1.67 bits per heavy atom. The minimum atomic E-state index is 0.321. The van der Waals surface area contributed by atoms with Crippen molar-refractivity contribution in [2.75, 3.05) is 13.1 Å². The highest BCUT2D eigenvalue weighted by molar-refractivity contribution is 5.12. The molecule has 0 saturated carbocycles. The third-order valence-corrected chi connectivity index (χ3v) is 2.48. The van der Waals surface area contributed by atoms with Gasteiger partial charge < -0.3 is 10.1 Å². The number of aromatic nitrogens is 2. The molecule has 0 bridgehead atoms. The molecule has 0 amide bonds. The average molecular weight is 209 g/mol. The summed E-state index contributed by atoms with van der Waals surface area (Å²) in [6, 6.07) is 0. The molecule has 84 valence electrons. The summed E-state index contributed by atoms with van der Waals surface area (Å²) in [4.78, 5) is 0. The van der Waals surface area contributed by atoms with E-state index >= 15 is 0 Å². The highest BCUT2D eigenvalue weighted by Crippen LogP contribution is 2.14. The first kappa shape index (κ1) is 10.5. The van der Waals surface area contributed by atoms with E-state index in [1.807, 2.05) is 10.9 Å². The zero-order valence-corrected chi connectivity index (χ0v) is 9.44. The van der Waals surface area contributed by atoms with Crippen LogP contribution in [0.5, 0.6) is 5.75 Å². The van der Waals surface area contributed by atoms with E-state index in [4.69, 9.17) is 4.74 Å². The molecule has 4 heteroatoms. The maximum absolute atomic E-state index is 5.79. The normalized spacial score (nSPS) is 21.1. The molecule has 4 nitrogen and oxygen atoms in total. The van der Waals surface area contributed by atoms with Crippen LogP contribution in [-0.4, -0.2) is 29.0 Å². The van der Waals surface area contributed by atoms with Crippen LogP contribution in [0.15, 0.2) is 12.4 Å². The van der Waals surface area contributed by atoms with Gasteiger partial charge in [-0.25, -0.2) is 0 Å². The third kappa shape index (κ3) is 2.96. The van der Waals surface area contributed by atoms with Crippen LogP contribution in [0.1, 0.15) is 20.3 Å². The first-order valence-corrected chi connectivity index (χ1v) is 5.64. The molecule has 2 heterocycles. The van der Waals surface area contributed by atoms with Crippen molar-refractivity contribution in [3.05, 3.63) is 12.4 Å². The van der Waals surface area contributed by atoms with E-state index in [1.54, 1.807) is 6.20 Å². The summed E-state index contributed by atoms with van der Waals surface area (Å²) in [6.45, 7) is 7.33. The van der Waals surface area contributed by atoms with Crippen LogP contribution in [0.4, 0.5) is 0 Å². The second-order valence-electron chi connectivity index (χ2n) is 4.52. The van der Waals surface area contributed by atoms with Crippen molar-refractivity contribution in [1.82, 2.24) is 15.1 Å². The van der Waals surface area contributed by atoms with Crippen LogP contribution >= 0.6 is 0 Å². The fourth-order valence-corrected chi connectivity index (χ4v) is 1.80. The topological polar surface area (TPSA) is 39.1 Å². The van der Waals surface area contributed by atoms with Crippen LogP contribution in [0.2, 0.25) is 0 Å². The first-order chi connectivity index (χ1) is 7.24. The van der Waals surface area contributed by atoms with Crippen molar-refractivity contribution in [1.29, 1.82) is 0 Å². The molecule has 1 aromatic heterocycles. The zero-order valence-electron chi connectivity index (χ0n) is 9.44. The summed E-state index contributed by atoms with van der Waals surface area (Å²) in [5, 5.41) is 7.55. The van der Waals surface area contributed by atoms with Crippen LogP contribution in [0.3, 0.4) is 0 Å². The van der Waals surface area contributed by atoms with E-state index in [9.17, 15) is 0 Å². The molecule has 1 unspecified atom stereocenters. The molecule has 15 heavy (non-hydrogen) atoms. The second kappa shape index (κ2) is 4.66. The summed E-state index contributed by atoms with van der Waals surface area (Å²) >= 11 is 0. The van der Waals surface area contributed by atoms with Gasteiger partial charge in [0.2, 0.25) is 0 Å². The Kier molecular flexibility index (Phi) is 3.26. The van der Waals surface area contributed by atoms with E-state index < -0.39 is 0 Å². The maximum atomic E-state index is 5.79. The highest BCUT2D eigenvalue weighted by Gasteiger charge is 2.16. The fourth-order valence-electron chi connectivity index (χ4n) is 1.80. The number of hydrogen-bond donors (Lipinski definition) is 1. The molecule has 1 aromatic rings. The Balaban J connectivity index is 1.88. The lowest BCUT2D eigenvalue weighted by Gasteiger charge is -2.09. The minimum Gasteiger partial charge on any atom is -0.486 e. The van der Waals surface area contributed by atoms with Gasteiger partial charge in [0.1, 0.15) is 6.10 Å². The highest BCUT2D eigenvalue weighted by atomic mass is 16.5. The van der Waals surface area contributed by atoms with Gasteiger partial charge in [-0.15, -0.1) is 0 Å². The lowest BCUT2D eigenvalue weighted by Crippen LogP contribution is -2.19. The maximum Gasteiger partial charge on any atom is 0.157 e. The van der Waals surface area contributed by atoms with Crippen molar-refractivity contribution in [3.8, 4) is 5.75 Å². The van der Waals surface area contributed by atoms with Gasteiger partial charge in [-0.3, -0.25) is 4.68 Å². The molecule has 1 aliphatic heterocycles. The van der Waals surface area contributed by atoms with E-state index in [-0.39, 0.29) is 0 Å². The lowest BCUT2D eigenvalue weighted by molar-refractivity contribution is 0.222. The van der Waals surface area contributed by atoms with Crippen LogP contribution in [0, 0.1) is 5.92 Å². The quantitative estimate of drug-likeness (QED) is 0.812. The monoisotopic (exact) mass is 209 g/mol. The Hall–Kier alpha value is -1.03. The van der Waals surface area contributed by atoms with Crippen LogP contribution in [-0.2, 0) is 6.54 Å². The van der Waals surface area contributed by atoms with Crippen molar-refractivity contribution in [2.45, 2.75) is 32.9 Å². The minimum absolute atomic E-state index is 0.321. The van der Waals surface area contributed by atoms with E-state index in [2.05, 4.69) is 24.3 Å². The Morgan fingerprint density at radius 3 is 3.20 bits per heavy atom. The molecular weight excluding hydrogens is 190 g/mol. The van der Waals surface area contributed by atoms with Crippen LogP contribution in [0.25, 0.3) is 0 Å². The summed E-state index contributed by atoms with van der Waals surface area (Å²) in [5.41, 5.74) is 0. The van der Waals surface area contributed by atoms with Crippen molar-refractivity contribution in [3.63, 3.8) is 0 Å².